The average Bonchev–Trinajstić information content (AvgIpc) is 2.86. The summed E-state index contributed by atoms with van der Waals surface area (Å²) in [6.07, 6.45) is 0.895. The smallest absolute Gasteiger partial charge is 0.115 e. The molecule has 0 bridgehead atoms. The van der Waals surface area contributed by atoms with Crippen molar-refractivity contribution >= 4 is 11.5 Å². The van der Waals surface area contributed by atoms with Gasteiger partial charge in [0.25, 0.3) is 0 Å². The van der Waals surface area contributed by atoms with Gasteiger partial charge in [-0.2, -0.15) is 0 Å². The average molecular weight is 263 g/mol. The van der Waals surface area contributed by atoms with Gasteiger partial charge in [0, 0.05) is 11.8 Å². The van der Waals surface area contributed by atoms with Crippen LogP contribution < -0.4 is 0 Å². The van der Waals surface area contributed by atoms with E-state index in [1.807, 2.05) is 24.3 Å². The molecule has 1 aromatic heterocycles. The Morgan fingerprint density at radius 1 is 1.17 bits per heavy atom. The Kier molecular flexibility index (Phi) is 4.11. The van der Waals surface area contributed by atoms with Gasteiger partial charge in [0.05, 0.1) is 11.5 Å². The zero-order valence-corrected chi connectivity index (χ0v) is 11.3. The Hall–Kier alpha value is -1.23. The van der Waals surface area contributed by atoms with Crippen molar-refractivity contribution in [2.75, 3.05) is 0 Å². The third-order valence-corrected chi connectivity index (χ3v) is 3.91. The summed E-state index contributed by atoms with van der Waals surface area (Å²) in [5, 5.41) is 19.5. The van der Waals surface area contributed by atoms with Crippen LogP contribution in [0.15, 0.2) is 30.5 Å². The Bertz CT molecular complexity index is 505. The summed E-state index contributed by atoms with van der Waals surface area (Å²) in [7, 11) is 0. The van der Waals surface area contributed by atoms with Crippen LogP contribution in [0.5, 0.6) is 0 Å². The Balaban J connectivity index is 2.26. The second-order valence-electron chi connectivity index (χ2n) is 4.60. The maximum Gasteiger partial charge on any atom is 0.115 e. The summed E-state index contributed by atoms with van der Waals surface area (Å²) in [5.41, 5.74) is 2.77. The lowest BCUT2D eigenvalue weighted by Gasteiger charge is -2.12. The first kappa shape index (κ1) is 13.2. The predicted octanol–water partition coefficient (Wildman–Crippen LogP) is 2.84. The molecule has 1 atom stereocenters. The molecule has 2 N–H and O–H groups in total. The highest BCUT2D eigenvalue weighted by Crippen LogP contribution is 2.29. The SMILES string of the molecule is CC(C)c1ccc([C@H](O)c2sncc2CO)cc1. The molecule has 1 heterocycles. The van der Waals surface area contributed by atoms with Crippen LogP contribution in [0.4, 0.5) is 0 Å². The molecule has 0 saturated carbocycles. The Morgan fingerprint density at radius 3 is 2.33 bits per heavy atom. The number of aromatic nitrogens is 1. The van der Waals surface area contributed by atoms with Crippen molar-refractivity contribution in [3.63, 3.8) is 0 Å². The van der Waals surface area contributed by atoms with E-state index in [0.717, 1.165) is 10.4 Å². The quantitative estimate of drug-likeness (QED) is 0.892. The molecular weight excluding hydrogens is 246 g/mol. The maximum absolute atomic E-state index is 10.3. The van der Waals surface area contributed by atoms with E-state index in [1.54, 1.807) is 6.20 Å². The highest BCUT2D eigenvalue weighted by Gasteiger charge is 2.16. The van der Waals surface area contributed by atoms with Crippen LogP contribution in [0.25, 0.3) is 0 Å². The fourth-order valence-corrected chi connectivity index (χ4v) is 2.59. The highest BCUT2D eigenvalue weighted by atomic mass is 32.1. The minimum absolute atomic E-state index is 0.0903. The third kappa shape index (κ3) is 2.61. The first-order valence-electron chi connectivity index (χ1n) is 5.95. The number of aliphatic hydroxyl groups excluding tert-OH is 2. The van der Waals surface area contributed by atoms with Gasteiger partial charge in [0.15, 0.2) is 0 Å². The standard InChI is InChI=1S/C14H17NO2S/c1-9(2)10-3-5-11(6-4-10)13(17)14-12(8-16)7-15-18-14/h3-7,9,13,16-17H,8H2,1-2H3/t13-/m0/s1. The van der Waals surface area contributed by atoms with Crippen molar-refractivity contribution in [1.29, 1.82) is 0 Å². The lowest BCUT2D eigenvalue weighted by atomic mass is 9.99. The molecule has 0 saturated heterocycles. The molecule has 3 nitrogen and oxygen atoms in total. The van der Waals surface area contributed by atoms with Crippen LogP contribution in [-0.2, 0) is 6.61 Å². The molecule has 4 heteroatoms. The fourth-order valence-electron chi connectivity index (χ4n) is 1.83. The largest absolute Gasteiger partial charge is 0.392 e. The monoisotopic (exact) mass is 263 g/mol. The maximum atomic E-state index is 10.3. The number of hydrogen-bond donors (Lipinski definition) is 2. The van der Waals surface area contributed by atoms with E-state index in [4.69, 9.17) is 0 Å². The highest BCUT2D eigenvalue weighted by molar-refractivity contribution is 7.06. The molecular formula is C14H17NO2S. The fraction of sp³-hybridized carbons (Fsp3) is 0.357. The molecule has 2 rings (SSSR count). The molecule has 18 heavy (non-hydrogen) atoms. The van der Waals surface area contributed by atoms with Gasteiger partial charge in [-0.25, -0.2) is 4.37 Å². The van der Waals surface area contributed by atoms with Gasteiger partial charge in [-0.3, -0.25) is 0 Å². The van der Waals surface area contributed by atoms with Crippen molar-refractivity contribution in [2.45, 2.75) is 32.5 Å². The molecule has 1 aromatic carbocycles. The van der Waals surface area contributed by atoms with Crippen LogP contribution in [0, 0.1) is 0 Å². The van der Waals surface area contributed by atoms with Crippen LogP contribution >= 0.6 is 11.5 Å². The van der Waals surface area contributed by atoms with Gasteiger partial charge in [-0.15, -0.1) is 0 Å². The van der Waals surface area contributed by atoms with Crippen molar-refractivity contribution in [3.8, 4) is 0 Å². The van der Waals surface area contributed by atoms with Crippen molar-refractivity contribution in [1.82, 2.24) is 4.37 Å². The normalized spacial score (nSPS) is 12.9. The topological polar surface area (TPSA) is 53.4 Å². The first-order chi connectivity index (χ1) is 8.63. The van der Waals surface area contributed by atoms with Gasteiger partial charge < -0.3 is 10.2 Å². The number of rotatable bonds is 4. The lowest BCUT2D eigenvalue weighted by molar-refractivity contribution is 0.217. The molecule has 0 aliphatic heterocycles. The predicted molar refractivity (Wildman–Crippen MR) is 72.6 cm³/mol. The Labute approximate surface area is 111 Å². The van der Waals surface area contributed by atoms with E-state index in [0.29, 0.717) is 11.5 Å². The summed E-state index contributed by atoms with van der Waals surface area (Å²) in [4.78, 5) is 0.717. The van der Waals surface area contributed by atoms with E-state index >= 15 is 0 Å². The number of aliphatic hydroxyl groups is 2. The summed E-state index contributed by atoms with van der Waals surface area (Å²) < 4.78 is 4.01. The van der Waals surface area contributed by atoms with E-state index in [-0.39, 0.29) is 6.61 Å². The number of hydrogen-bond acceptors (Lipinski definition) is 4. The second-order valence-corrected chi connectivity index (χ2v) is 5.43. The van der Waals surface area contributed by atoms with E-state index < -0.39 is 6.10 Å². The molecule has 2 aromatic rings. The van der Waals surface area contributed by atoms with Gasteiger partial charge in [-0.05, 0) is 28.6 Å². The van der Waals surface area contributed by atoms with Crippen LogP contribution in [-0.4, -0.2) is 14.6 Å². The van der Waals surface area contributed by atoms with Crippen molar-refractivity contribution in [2.24, 2.45) is 0 Å². The summed E-state index contributed by atoms with van der Waals surface area (Å²) >= 11 is 1.23. The first-order valence-corrected chi connectivity index (χ1v) is 6.73. The molecule has 0 fully saturated rings. The molecule has 0 spiro atoms. The molecule has 0 radical (unpaired) electrons. The molecule has 0 aliphatic rings. The third-order valence-electron chi connectivity index (χ3n) is 3.01. The second kappa shape index (κ2) is 5.61. The summed E-state index contributed by atoms with van der Waals surface area (Å²) in [6, 6.07) is 7.92. The molecule has 0 amide bonds. The van der Waals surface area contributed by atoms with Crippen LogP contribution in [0.1, 0.15) is 47.4 Å². The minimum Gasteiger partial charge on any atom is -0.392 e. The van der Waals surface area contributed by atoms with Gasteiger partial charge >= 0.3 is 0 Å². The summed E-state index contributed by atoms with van der Waals surface area (Å²) in [5.74, 6) is 0.479. The lowest BCUT2D eigenvalue weighted by Crippen LogP contribution is -2.01. The molecule has 96 valence electrons. The van der Waals surface area contributed by atoms with Gasteiger partial charge in [0.1, 0.15) is 6.10 Å². The van der Waals surface area contributed by atoms with E-state index in [9.17, 15) is 10.2 Å². The minimum atomic E-state index is -0.708. The number of benzene rings is 1. The molecule has 0 unspecified atom stereocenters. The molecule has 0 aliphatic carbocycles. The van der Waals surface area contributed by atoms with Crippen LogP contribution in [0.3, 0.4) is 0 Å². The zero-order valence-electron chi connectivity index (χ0n) is 10.5. The van der Waals surface area contributed by atoms with Crippen LogP contribution in [0.2, 0.25) is 0 Å². The zero-order chi connectivity index (χ0) is 13.1. The van der Waals surface area contributed by atoms with E-state index in [1.165, 1.54) is 17.1 Å². The van der Waals surface area contributed by atoms with E-state index in [2.05, 4.69) is 18.2 Å². The summed E-state index contributed by atoms with van der Waals surface area (Å²) in [6.45, 7) is 4.18. The van der Waals surface area contributed by atoms with Gasteiger partial charge in [0.2, 0.25) is 0 Å². The van der Waals surface area contributed by atoms with Crippen molar-refractivity contribution < 1.29 is 10.2 Å². The Morgan fingerprint density at radius 2 is 1.78 bits per heavy atom. The van der Waals surface area contributed by atoms with Gasteiger partial charge in [-0.1, -0.05) is 38.1 Å². The van der Waals surface area contributed by atoms with Crippen molar-refractivity contribution in [3.05, 3.63) is 52.0 Å². The number of nitrogens with zero attached hydrogens (tertiary/aromatic N) is 1.